The molecule has 33 heavy (non-hydrogen) atoms. The number of hydrogen-bond acceptors (Lipinski definition) is 5. The number of aromatic nitrogens is 2. The number of hydrogen-bond donors (Lipinski definition) is 1. The van der Waals surface area contributed by atoms with Crippen molar-refractivity contribution in [1.29, 1.82) is 0 Å². The fourth-order valence-corrected chi connectivity index (χ4v) is 3.11. The van der Waals surface area contributed by atoms with Crippen LogP contribution < -0.4 is 10.4 Å². The summed E-state index contributed by atoms with van der Waals surface area (Å²) in [6, 6.07) is 16.4. The van der Waals surface area contributed by atoms with Gasteiger partial charge >= 0.3 is 6.18 Å². The maximum atomic E-state index is 13.8. The Kier molecular flexibility index (Phi) is 7.92. The summed E-state index contributed by atoms with van der Waals surface area (Å²) in [5, 5.41) is 4.23. The maximum absolute atomic E-state index is 13.8. The summed E-state index contributed by atoms with van der Waals surface area (Å²) >= 11 is 0. The van der Waals surface area contributed by atoms with E-state index in [4.69, 9.17) is 4.84 Å². The molecule has 0 aliphatic heterocycles. The first-order valence-electron chi connectivity index (χ1n) is 11.1. The molecule has 2 unspecified atom stereocenters. The van der Waals surface area contributed by atoms with Crippen LogP contribution in [0.3, 0.4) is 0 Å². The highest BCUT2D eigenvalue weighted by molar-refractivity contribution is 5.63. The van der Waals surface area contributed by atoms with Crippen LogP contribution in [-0.2, 0) is 11.0 Å². The summed E-state index contributed by atoms with van der Waals surface area (Å²) in [5.74, 6) is -0.0372. The van der Waals surface area contributed by atoms with Crippen LogP contribution in [0.15, 0.2) is 60.8 Å². The lowest BCUT2D eigenvalue weighted by Gasteiger charge is -2.26. The van der Waals surface area contributed by atoms with Gasteiger partial charge in [-0.3, -0.25) is 4.84 Å². The highest BCUT2D eigenvalue weighted by atomic mass is 19.4. The molecule has 5 nitrogen and oxygen atoms in total. The Hall–Kier alpha value is -3.13. The van der Waals surface area contributed by atoms with Crippen molar-refractivity contribution in [3.05, 3.63) is 71.9 Å². The molecule has 2 aromatic carbocycles. The predicted molar refractivity (Wildman–Crippen MR) is 125 cm³/mol. The zero-order valence-electron chi connectivity index (χ0n) is 19.2. The molecule has 0 aliphatic rings. The summed E-state index contributed by atoms with van der Waals surface area (Å²) in [6.07, 6.45) is -2.39. The van der Waals surface area contributed by atoms with Gasteiger partial charge in [0.25, 0.3) is 5.95 Å². The van der Waals surface area contributed by atoms with Crippen molar-refractivity contribution in [2.24, 2.45) is 0 Å². The molecule has 2 atom stereocenters. The van der Waals surface area contributed by atoms with Crippen LogP contribution in [0, 0.1) is 0 Å². The number of rotatable bonds is 9. The van der Waals surface area contributed by atoms with E-state index in [1.54, 1.807) is 18.2 Å². The Morgan fingerprint density at radius 1 is 1.00 bits per heavy atom. The van der Waals surface area contributed by atoms with Gasteiger partial charge in [-0.25, -0.2) is 4.98 Å². The third-order valence-electron chi connectivity index (χ3n) is 5.44. The summed E-state index contributed by atoms with van der Waals surface area (Å²) < 4.78 is 41.3. The predicted octanol–water partition coefficient (Wildman–Crippen LogP) is 7.62. The SMILES string of the molecule is CCC(C)ON(c1ccccc1)c1ncc(C(F)(F)F)c(Nc2cccc(C(C)CC)c2)n1. The second-order valence-corrected chi connectivity index (χ2v) is 7.94. The maximum Gasteiger partial charge on any atom is 0.421 e. The van der Waals surface area contributed by atoms with Gasteiger partial charge in [-0.2, -0.15) is 23.2 Å². The molecule has 176 valence electrons. The topological polar surface area (TPSA) is 50.3 Å². The molecule has 1 aromatic heterocycles. The van der Waals surface area contributed by atoms with Gasteiger partial charge in [0.05, 0.1) is 11.8 Å². The third-order valence-corrected chi connectivity index (χ3v) is 5.44. The van der Waals surface area contributed by atoms with Crippen molar-refractivity contribution in [3.8, 4) is 0 Å². The summed E-state index contributed by atoms with van der Waals surface area (Å²) in [7, 11) is 0. The molecule has 1 heterocycles. The smallest absolute Gasteiger partial charge is 0.340 e. The minimum Gasteiger partial charge on any atom is -0.340 e. The molecule has 1 N–H and O–H groups in total. The van der Waals surface area contributed by atoms with Crippen molar-refractivity contribution in [1.82, 2.24) is 9.97 Å². The zero-order valence-corrected chi connectivity index (χ0v) is 19.2. The van der Waals surface area contributed by atoms with Crippen LogP contribution in [0.2, 0.25) is 0 Å². The van der Waals surface area contributed by atoms with Gasteiger partial charge in [0.1, 0.15) is 11.4 Å². The second-order valence-electron chi connectivity index (χ2n) is 7.94. The fraction of sp³-hybridized carbons (Fsp3) is 0.360. The highest BCUT2D eigenvalue weighted by Gasteiger charge is 2.36. The zero-order chi connectivity index (χ0) is 24.0. The second kappa shape index (κ2) is 10.7. The molecule has 0 bridgehead atoms. The monoisotopic (exact) mass is 458 g/mol. The van der Waals surface area contributed by atoms with Gasteiger partial charge in [-0.1, -0.05) is 51.1 Å². The molecule has 0 saturated carbocycles. The lowest BCUT2D eigenvalue weighted by molar-refractivity contribution is -0.137. The van der Waals surface area contributed by atoms with Crippen molar-refractivity contribution >= 4 is 23.1 Å². The number of nitrogens with one attached hydrogen (secondary N) is 1. The molecule has 0 radical (unpaired) electrons. The van der Waals surface area contributed by atoms with E-state index in [-0.39, 0.29) is 23.8 Å². The van der Waals surface area contributed by atoms with Crippen molar-refractivity contribution in [2.45, 2.75) is 58.7 Å². The van der Waals surface area contributed by atoms with Gasteiger partial charge in [0, 0.05) is 11.9 Å². The van der Waals surface area contributed by atoms with E-state index in [0.29, 0.717) is 17.8 Å². The number of para-hydroxylation sites is 1. The number of benzene rings is 2. The minimum atomic E-state index is -4.62. The van der Waals surface area contributed by atoms with E-state index in [0.717, 1.165) is 18.2 Å². The van der Waals surface area contributed by atoms with Gasteiger partial charge in [-0.05, 0) is 55.5 Å². The van der Waals surface area contributed by atoms with Crippen molar-refractivity contribution < 1.29 is 18.0 Å². The average molecular weight is 459 g/mol. The van der Waals surface area contributed by atoms with E-state index in [1.165, 1.54) is 5.06 Å². The van der Waals surface area contributed by atoms with Crippen LogP contribution >= 0.6 is 0 Å². The molecule has 0 spiro atoms. The molecule has 3 rings (SSSR count). The molecule has 8 heteroatoms. The first-order valence-corrected chi connectivity index (χ1v) is 11.1. The third kappa shape index (κ3) is 6.22. The van der Waals surface area contributed by atoms with Gasteiger partial charge in [-0.15, -0.1) is 0 Å². The molecule has 3 aromatic rings. The lowest BCUT2D eigenvalue weighted by Crippen LogP contribution is -2.26. The number of alkyl halides is 3. The summed E-state index contributed by atoms with van der Waals surface area (Å²) in [4.78, 5) is 14.2. The van der Waals surface area contributed by atoms with E-state index >= 15 is 0 Å². The quantitative estimate of drug-likeness (QED) is 0.334. The number of nitrogens with zero attached hydrogens (tertiary/aromatic N) is 3. The van der Waals surface area contributed by atoms with Crippen LogP contribution in [-0.4, -0.2) is 16.1 Å². The van der Waals surface area contributed by atoms with Crippen LogP contribution in [0.4, 0.5) is 36.3 Å². The standard InChI is InChI=1S/C25H29F3N4O/c1-5-17(3)19-11-10-12-20(15-19)30-23-22(25(26,27)28)16-29-24(31-23)32(33-18(4)6-2)21-13-8-7-9-14-21/h7-18H,5-6H2,1-4H3,(H,29,30,31). The van der Waals surface area contributed by atoms with E-state index < -0.39 is 11.7 Å². The van der Waals surface area contributed by atoms with Crippen molar-refractivity contribution in [3.63, 3.8) is 0 Å². The first kappa shape index (κ1) is 24.5. The van der Waals surface area contributed by atoms with Gasteiger partial charge in [0.2, 0.25) is 0 Å². The molecule has 0 amide bonds. The Morgan fingerprint density at radius 2 is 1.73 bits per heavy atom. The normalized spacial score (nSPS) is 13.4. The Bertz CT molecular complexity index is 1040. The Labute approximate surface area is 192 Å². The first-order chi connectivity index (χ1) is 15.7. The van der Waals surface area contributed by atoms with Crippen LogP contribution in [0.1, 0.15) is 57.6 Å². The van der Waals surface area contributed by atoms with E-state index in [9.17, 15) is 13.2 Å². The van der Waals surface area contributed by atoms with Gasteiger partial charge < -0.3 is 5.32 Å². The minimum absolute atomic E-state index is 0.00933. The van der Waals surface area contributed by atoms with Crippen LogP contribution in [0.25, 0.3) is 0 Å². The Balaban J connectivity index is 2.05. The molecule has 0 aliphatic carbocycles. The Morgan fingerprint density at radius 3 is 2.36 bits per heavy atom. The summed E-state index contributed by atoms with van der Waals surface area (Å²) in [6.45, 7) is 7.98. The molecular weight excluding hydrogens is 429 g/mol. The molecular formula is C25H29F3N4O. The van der Waals surface area contributed by atoms with Crippen molar-refractivity contribution in [2.75, 3.05) is 10.4 Å². The van der Waals surface area contributed by atoms with E-state index in [2.05, 4.69) is 29.1 Å². The molecule has 0 saturated heterocycles. The lowest BCUT2D eigenvalue weighted by atomic mass is 9.98. The fourth-order valence-electron chi connectivity index (χ4n) is 3.11. The molecule has 0 fully saturated rings. The largest absolute Gasteiger partial charge is 0.421 e. The highest BCUT2D eigenvalue weighted by Crippen LogP contribution is 2.37. The van der Waals surface area contributed by atoms with Gasteiger partial charge in [0.15, 0.2) is 0 Å². The summed E-state index contributed by atoms with van der Waals surface area (Å²) in [5.41, 5.74) is 1.23. The number of halogens is 3. The average Bonchev–Trinajstić information content (AvgIpc) is 2.81. The van der Waals surface area contributed by atoms with E-state index in [1.807, 2.05) is 50.2 Å². The van der Waals surface area contributed by atoms with Crippen LogP contribution in [0.5, 0.6) is 0 Å². The number of anilines is 4.